The third-order valence-corrected chi connectivity index (χ3v) is 7.45. The number of halogens is 1. The lowest BCUT2D eigenvalue weighted by Gasteiger charge is -2.30. The molecule has 168 valence electrons. The van der Waals surface area contributed by atoms with Gasteiger partial charge in [0.1, 0.15) is 18.0 Å². The molecule has 2 N–H and O–H groups in total. The van der Waals surface area contributed by atoms with E-state index in [4.69, 9.17) is 0 Å². The van der Waals surface area contributed by atoms with E-state index in [1.54, 1.807) is 4.72 Å². The van der Waals surface area contributed by atoms with Gasteiger partial charge in [-0.1, -0.05) is 0 Å². The zero-order chi connectivity index (χ0) is 22.5. The van der Waals surface area contributed by atoms with E-state index in [9.17, 15) is 18.3 Å². The van der Waals surface area contributed by atoms with Gasteiger partial charge in [0.15, 0.2) is 5.82 Å². The number of amides is 1. The highest BCUT2D eigenvalue weighted by atomic mass is 32.2. The van der Waals surface area contributed by atoms with Crippen molar-refractivity contribution >= 4 is 21.8 Å². The summed E-state index contributed by atoms with van der Waals surface area (Å²) in [4.78, 5) is 13.7. The maximum Gasteiger partial charge on any atom is 0.326 e. The van der Waals surface area contributed by atoms with Crippen molar-refractivity contribution in [2.75, 3.05) is 23.9 Å². The Bertz CT molecular complexity index is 1160. The highest BCUT2D eigenvalue weighted by Crippen LogP contribution is 2.39. The summed E-state index contributed by atoms with van der Waals surface area (Å²) in [6.45, 7) is 8.02. The van der Waals surface area contributed by atoms with Gasteiger partial charge in [-0.05, 0) is 50.8 Å². The number of anilines is 1. The van der Waals surface area contributed by atoms with Gasteiger partial charge >= 0.3 is 10.2 Å². The van der Waals surface area contributed by atoms with Gasteiger partial charge in [-0.2, -0.15) is 13.5 Å². The van der Waals surface area contributed by atoms with Crippen molar-refractivity contribution in [2.45, 2.75) is 46.7 Å². The Morgan fingerprint density at radius 2 is 2.03 bits per heavy atom. The van der Waals surface area contributed by atoms with Crippen molar-refractivity contribution in [3.8, 4) is 5.75 Å². The van der Waals surface area contributed by atoms with Crippen LogP contribution < -0.4 is 9.03 Å². The molecule has 0 aliphatic carbocycles. The second-order valence-electron chi connectivity index (χ2n) is 7.97. The Morgan fingerprint density at radius 3 is 2.65 bits per heavy atom. The summed E-state index contributed by atoms with van der Waals surface area (Å²) in [6, 6.07) is 1.41. The second-order valence-corrected chi connectivity index (χ2v) is 9.57. The van der Waals surface area contributed by atoms with Crippen LogP contribution in [0.25, 0.3) is 0 Å². The van der Waals surface area contributed by atoms with Crippen molar-refractivity contribution in [1.82, 2.24) is 19.4 Å². The summed E-state index contributed by atoms with van der Waals surface area (Å²) >= 11 is 0. The highest BCUT2D eigenvalue weighted by molar-refractivity contribution is 7.92. The van der Waals surface area contributed by atoms with E-state index in [0.717, 1.165) is 24.4 Å². The number of fused-ring (bicyclic) bond motifs is 1. The molecule has 0 bridgehead atoms. The monoisotopic (exact) mass is 451 g/mol. The molecule has 0 spiro atoms. The van der Waals surface area contributed by atoms with Gasteiger partial charge in [0.2, 0.25) is 0 Å². The average Bonchev–Trinajstić information content (AvgIpc) is 3.13. The fraction of sp³-hybridized carbons (Fsp3) is 0.500. The average molecular weight is 452 g/mol. The van der Waals surface area contributed by atoms with Crippen LogP contribution in [0.4, 0.5) is 10.1 Å². The van der Waals surface area contributed by atoms with Crippen molar-refractivity contribution in [3.63, 3.8) is 0 Å². The van der Waals surface area contributed by atoms with Crippen LogP contribution >= 0.6 is 0 Å². The number of aromatic nitrogens is 2. The first kappa shape index (κ1) is 21.6. The minimum Gasteiger partial charge on any atom is -0.506 e. The molecule has 1 saturated heterocycles. The van der Waals surface area contributed by atoms with Crippen molar-refractivity contribution in [1.29, 1.82) is 0 Å². The molecule has 1 aromatic carbocycles. The van der Waals surface area contributed by atoms with Gasteiger partial charge in [0.05, 0.1) is 5.69 Å². The molecule has 1 amide bonds. The lowest BCUT2D eigenvalue weighted by molar-refractivity contribution is -0.117. The Hall–Kier alpha value is -2.66. The normalized spacial score (nSPS) is 18.3. The van der Waals surface area contributed by atoms with E-state index in [1.165, 1.54) is 11.6 Å². The maximum atomic E-state index is 15.4. The van der Waals surface area contributed by atoms with Gasteiger partial charge in [0.25, 0.3) is 5.91 Å². The van der Waals surface area contributed by atoms with Crippen LogP contribution in [0.2, 0.25) is 0 Å². The Morgan fingerprint density at radius 1 is 1.29 bits per heavy atom. The number of aryl methyl sites for hydroxylation is 2. The molecular weight excluding hydrogens is 425 g/mol. The molecule has 0 radical (unpaired) electrons. The molecule has 2 aliphatic heterocycles. The fourth-order valence-electron chi connectivity index (χ4n) is 4.44. The number of phenolic OH excluding ortho intramolecular Hbond substituents is 1. The molecule has 4 rings (SSSR count). The quantitative estimate of drug-likeness (QED) is 0.706. The van der Waals surface area contributed by atoms with E-state index in [-0.39, 0.29) is 0 Å². The first-order chi connectivity index (χ1) is 14.6. The summed E-state index contributed by atoms with van der Waals surface area (Å²) in [6.07, 6.45) is 1.31. The number of nitrogens with zero attached hydrogens (tertiary/aromatic N) is 4. The number of nitrogens with one attached hydrogen (secondary N) is 1. The number of aromatic hydroxyl groups is 1. The van der Waals surface area contributed by atoms with E-state index in [2.05, 4.69) is 10.00 Å². The topological polar surface area (TPSA) is 108 Å². The second kappa shape index (κ2) is 7.79. The van der Waals surface area contributed by atoms with Crippen LogP contribution in [0.5, 0.6) is 5.75 Å². The predicted molar refractivity (Wildman–Crippen MR) is 113 cm³/mol. The van der Waals surface area contributed by atoms with Crippen LogP contribution in [0.1, 0.15) is 35.0 Å². The van der Waals surface area contributed by atoms with E-state index < -0.39 is 39.9 Å². The Balaban J connectivity index is 1.58. The summed E-state index contributed by atoms with van der Waals surface area (Å²) in [7, 11) is -4.22. The van der Waals surface area contributed by atoms with Gasteiger partial charge in [-0.25, -0.2) is 13.4 Å². The molecule has 31 heavy (non-hydrogen) atoms. The lowest BCUT2D eigenvalue weighted by Crippen LogP contribution is -2.34. The Labute approximate surface area is 180 Å². The molecule has 2 aromatic rings. The van der Waals surface area contributed by atoms with Gasteiger partial charge in [0, 0.05) is 37.4 Å². The lowest BCUT2D eigenvalue weighted by atomic mass is 9.97. The van der Waals surface area contributed by atoms with Crippen LogP contribution in [-0.4, -0.2) is 53.7 Å². The molecule has 0 atom stereocenters. The summed E-state index contributed by atoms with van der Waals surface area (Å²) in [5, 5.41) is 14.9. The number of carbonyl (C=O) groups excluding carboxylic acids is 1. The zero-order valence-corrected chi connectivity index (χ0v) is 18.6. The van der Waals surface area contributed by atoms with Crippen molar-refractivity contribution in [2.24, 2.45) is 0 Å². The number of phenols is 1. The van der Waals surface area contributed by atoms with Crippen molar-refractivity contribution < 1.29 is 22.7 Å². The molecular formula is C20H26FN5O4S. The number of hydrogen-bond donors (Lipinski definition) is 2. The zero-order valence-electron chi connectivity index (χ0n) is 17.8. The van der Waals surface area contributed by atoms with Crippen LogP contribution in [0, 0.1) is 19.7 Å². The molecule has 1 aromatic heterocycles. The third kappa shape index (κ3) is 3.76. The van der Waals surface area contributed by atoms with Gasteiger partial charge in [-0.3, -0.25) is 14.4 Å². The molecule has 3 heterocycles. The van der Waals surface area contributed by atoms with E-state index >= 15 is 4.39 Å². The van der Waals surface area contributed by atoms with Crippen LogP contribution in [0.3, 0.4) is 0 Å². The van der Waals surface area contributed by atoms with E-state index in [0.29, 0.717) is 41.5 Å². The molecule has 2 aliphatic rings. The number of carbonyl (C=O) groups is 1. The van der Waals surface area contributed by atoms with Gasteiger partial charge < -0.3 is 5.11 Å². The summed E-state index contributed by atoms with van der Waals surface area (Å²) < 4.78 is 44.1. The minimum atomic E-state index is -4.22. The molecule has 9 nitrogen and oxygen atoms in total. The minimum absolute atomic E-state index is 0.295. The van der Waals surface area contributed by atoms with Crippen LogP contribution in [-0.2, 0) is 40.9 Å². The molecule has 11 heteroatoms. The number of hydrogen-bond acceptors (Lipinski definition) is 6. The maximum absolute atomic E-state index is 15.4. The molecule has 0 unspecified atom stereocenters. The number of rotatable bonds is 5. The summed E-state index contributed by atoms with van der Waals surface area (Å²) in [5.41, 5.74) is 3.84. The SMILES string of the molecule is CCn1nc(C)c(CCN2CCc3cc(O)c(N4CC(=O)NS4(=O)=O)c(F)c3C2)c1C. The summed E-state index contributed by atoms with van der Waals surface area (Å²) in [5.74, 6) is -2.05. The Kier molecular flexibility index (Phi) is 5.42. The van der Waals surface area contributed by atoms with Crippen LogP contribution in [0.15, 0.2) is 6.07 Å². The predicted octanol–water partition coefficient (Wildman–Crippen LogP) is 1.15. The smallest absolute Gasteiger partial charge is 0.326 e. The standard InChI is InChI=1S/C20H26FN5O4S/c1-4-25-13(3)15(12(2)22-25)6-8-24-7-5-14-9-17(27)20(19(21)16(14)10-24)26-11-18(28)23-31(26,29)30/h9,27H,4-8,10-11H2,1-3H3,(H,23,28). The van der Waals surface area contributed by atoms with Crippen molar-refractivity contribution in [3.05, 3.63) is 40.0 Å². The fourth-order valence-corrected chi connectivity index (χ4v) is 5.60. The van der Waals surface area contributed by atoms with E-state index in [1.807, 2.05) is 25.5 Å². The number of benzene rings is 1. The highest BCUT2D eigenvalue weighted by Gasteiger charge is 2.39. The first-order valence-corrected chi connectivity index (χ1v) is 11.7. The third-order valence-electron chi connectivity index (χ3n) is 6.07. The molecule has 1 fully saturated rings. The van der Waals surface area contributed by atoms with Gasteiger partial charge in [-0.15, -0.1) is 0 Å². The molecule has 0 saturated carbocycles. The first-order valence-electron chi connectivity index (χ1n) is 10.2. The largest absolute Gasteiger partial charge is 0.506 e.